The van der Waals surface area contributed by atoms with Crippen molar-refractivity contribution in [1.82, 2.24) is 0 Å². The van der Waals surface area contributed by atoms with Crippen molar-refractivity contribution in [2.45, 2.75) is 19.1 Å². The quantitative estimate of drug-likeness (QED) is 0.478. The van der Waals surface area contributed by atoms with Gasteiger partial charge in [-0.15, -0.1) is 0 Å². The molecule has 0 bridgehead atoms. The molecule has 3 heteroatoms. The minimum atomic E-state index is -0.933. The molecule has 0 aliphatic heterocycles. The van der Waals surface area contributed by atoms with Crippen molar-refractivity contribution in [2.75, 3.05) is 0 Å². The van der Waals surface area contributed by atoms with Crippen molar-refractivity contribution in [1.29, 1.82) is 0 Å². The standard InChI is InChI=1S/C7H10O3/c1-4-5(8)2-3-6(9)7(4)10/h2-4,6-7,9-10H,1H3/t4-,6-,7+/m1/s1. The summed E-state index contributed by atoms with van der Waals surface area (Å²) in [5.74, 6) is -0.599. The largest absolute Gasteiger partial charge is 0.389 e. The molecule has 0 heterocycles. The van der Waals surface area contributed by atoms with Crippen molar-refractivity contribution in [3.8, 4) is 0 Å². The second-order valence-electron chi connectivity index (χ2n) is 2.53. The van der Waals surface area contributed by atoms with Gasteiger partial charge in [0, 0.05) is 5.92 Å². The molecule has 1 aliphatic carbocycles. The lowest BCUT2D eigenvalue weighted by Crippen LogP contribution is -2.37. The number of aliphatic hydroxyl groups is 2. The van der Waals surface area contributed by atoms with Crippen molar-refractivity contribution in [3.63, 3.8) is 0 Å². The van der Waals surface area contributed by atoms with Gasteiger partial charge in [0.25, 0.3) is 0 Å². The molecule has 0 aromatic heterocycles. The smallest absolute Gasteiger partial charge is 0.160 e. The summed E-state index contributed by atoms with van der Waals surface area (Å²) >= 11 is 0. The van der Waals surface area contributed by atoms with Gasteiger partial charge in [0.15, 0.2) is 5.78 Å². The molecule has 0 aromatic rings. The monoisotopic (exact) mass is 142 g/mol. The normalized spacial score (nSPS) is 40.3. The molecule has 1 aliphatic rings. The van der Waals surface area contributed by atoms with Gasteiger partial charge >= 0.3 is 0 Å². The van der Waals surface area contributed by atoms with Gasteiger partial charge in [0.2, 0.25) is 0 Å². The summed E-state index contributed by atoms with van der Waals surface area (Å²) in [6.45, 7) is 1.60. The number of allylic oxidation sites excluding steroid dienone is 1. The molecule has 0 spiro atoms. The molecule has 0 radical (unpaired) electrons. The number of aliphatic hydroxyl groups excluding tert-OH is 2. The third kappa shape index (κ3) is 1.10. The summed E-state index contributed by atoms with van der Waals surface area (Å²) in [5.41, 5.74) is 0. The van der Waals surface area contributed by atoms with E-state index in [4.69, 9.17) is 10.2 Å². The fourth-order valence-corrected chi connectivity index (χ4v) is 0.923. The Balaban J connectivity index is 2.79. The van der Waals surface area contributed by atoms with Gasteiger partial charge in [0.05, 0.1) is 12.2 Å². The number of carbonyl (C=O) groups excluding carboxylic acids is 1. The van der Waals surface area contributed by atoms with E-state index in [-0.39, 0.29) is 5.78 Å². The molecule has 0 saturated carbocycles. The fourth-order valence-electron chi connectivity index (χ4n) is 0.923. The minimum Gasteiger partial charge on any atom is -0.389 e. The van der Waals surface area contributed by atoms with Crippen LogP contribution in [0.25, 0.3) is 0 Å². The van der Waals surface area contributed by atoms with Crippen LogP contribution in [-0.4, -0.2) is 28.2 Å². The van der Waals surface area contributed by atoms with Crippen LogP contribution in [0.3, 0.4) is 0 Å². The maximum Gasteiger partial charge on any atom is 0.160 e. The zero-order valence-corrected chi connectivity index (χ0v) is 5.69. The molecule has 2 N–H and O–H groups in total. The molecular weight excluding hydrogens is 132 g/mol. The molecule has 0 fully saturated rings. The van der Waals surface area contributed by atoms with Crippen molar-refractivity contribution in [3.05, 3.63) is 12.2 Å². The predicted molar refractivity (Wildman–Crippen MR) is 35.3 cm³/mol. The number of carbonyl (C=O) groups is 1. The van der Waals surface area contributed by atoms with Crippen molar-refractivity contribution in [2.24, 2.45) is 5.92 Å². The van der Waals surface area contributed by atoms with Gasteiger partial charge in [-0.05, 0) is 6.08 Å². The van der Waals surface area contributed by atoms with E-state index in [0.717, 1.165) is 0 Å². The van der Waals surface area contributed by atoms with Crippen LogP contribution in [0.5, 0.6) is 0 Å². The number of hydrogen-bond donors (Lipinski definition) is 2. The molecule has 3 nitrogen and oxygen atoms in total. The van der Waals surface area contributed by atoms with Gasteiger partial charge in [-0.1, -0.05) is 13.0 Å². The Labute approximate surface area is 59.0 Å². The van der Waals surface area contributed by atoms with E-state index in [2.05, 4.69) is 0 Å². The molecular formula is C7H10O3. The first-order valence-electron chi connectivity index (χ1n) is 3.21. The van der Waals surface area contributed by atoms with E-state index in [0.29, 0.717) is 0 Å². The van der Waals surface area contributed by atoms with E-state index in [1.807, 2.05) is 0 Å². The highest BCUT2D eigenvalue weighted by atomic mass is 16.3. The van der Waals surface area contributed by atoms with Crippen LogP contribution in [-0.2, 0) is 4.79 Å². The Morgan fingerprint density at radius 1 is 1.50 bits per heavy atom. The topological polar surface area (TPSA) is 57.5 Å². The van der Waals surface area contributed by atoms with Gasteiger partial charge in [-0.25, -0.2) is 0 Å². The Kier molecular flexibility index (Phi) is 1.87. The van der Waals surface area contributed by atoms with E-state index in [1.54, 1.807) is 6.92 Å². The SMILES string of the molecule is C[C@@H]1C(=O)C=C[C@@H](O)[C@H]1O. The highest BCUT2D eigenvalue weighted by Gasteiger charge is 2.28. The Morgan fingerprint density at radius 3 is 2.60 bits per heavy atom. The molecule has 0 unspecified atom stereocenters. The van der Waals surface area contributed by atoms with Crippen LogP contribution in [0.4, 0.5) is 0 Å². The van der Waals surface area contributed by atoms with Gasteiger partial charge in [-0.3, -0.25) is 4.79 Å². The number of hydrogen-bond acceptors (Lipinski definition) is 3. The summed E-state index contributed by atoms with van der Waals surface area (Å²) in [5, 5.41) is 18.1. The lowest BCUT2D eigenvalue weighted by molar-refractivity contribution is -0.124. The number of ketones is 1. The second-order valence-corrected chi connectivity index (χ2v) is 2.53. The van der Waals surface area contributed by atoms with E-state index in [9.17, 15) is 4.79 Å². The molecule has 3 atom stereocenters. The maximum absolute atomic E-state index is 10.8. The van der Waals surface area contributed by atoms with Crippen LogP contribution in [0, 0.1) is 5.92 Å². The van der Waals surface area contributed by atoms with Gasteiger partial charge < -0.3 is 10.2 Å². The fraction of sp³-hybridized carbons (Fsp3) is 0.571. The van der Waals surface area contributed by atoms with Crippen LogP contribution < -0.4 is 0 Å². The first-order valence-corrected chi connectivity index (χ1v) is 3.21. The Bertz CT molecular complexity index is 174. The lowest BCUT2D eigenvalue weighted by Gasteiger charge is -2.23. The Hall–Kier alpha value is -0.670. The predicted octanol–water partition coefficient (Wildman–Crippen LogP) is -0.517. The first kappa shape index (κ1) is 7.44. The molecule has 0 aromatic carbocycles. The van der Waals surface area contributed by atoms with Crippen LogP contribution in [0.15, 0.2) is 12.2 Å². The van der Waals surface area contributed by atoms with Gasteiger partial charge in [0.1, 0.15) is 0 Å². The molecule has 1 rings (SSSR count). The average molecular weight is 142 g/mol. The van der Waals surface area contributed by atoms with Gasteiger partial charge in [-0.2, -0.15) is 0 Å². The van der Waals surface area contributed by atoms with Crippen molar-refractivity contribution >= 4 is 5.78 Å². The zero-order valence-electron chi connectivity index (χ0n) is 5.69. The van der Waals surface area contributed by atoms with E-state index in [1.165, 1.54) is 12.2 Å². The van der Waals surface area contributed by atoms with E-state index >= 15 is 0 Å². The lowest BCUT2D eigenvalue weighted by atomic mass is 9.90. The molecule has 10 heavy (non-hydrogen) atoms. The summed E-state index contributed by atoms with van der Waals surface area (Å²) < 4.78 is 0. The summed E-state index contributed by atoms with van der Waals surface area (Å²) in [7, 11) is 0. The third-order valence-electron chi connectivity index (χ3n) is 1.77. The minimum absolute atomic E-state index is 0.127. The highest BCUT2D eigenvalue weighted by Crippen LogP contribution is 2.15. The third-order valence-corrected chi connectivity index (χ3v) is 1.77. The summed E-state index contributed by atoms with van der Waals surface area (Å²) in [4.78, 5) is 10.8. The van der Waals surface area contributed by atoms with Crippen LogP contribution in [0.2, 0.25) is 0 Å². The summed E-state index contributed by atoms with van der Waals surface area (Å²) in [6, 6.07) is 0. The number of rotatable bonds is 0. The second kappa shape index (κ2) is 2.52. The molecule has 56 valence electrons. The maximum atomic E-state index is 10.8. The molecule has 0 amide bonds. The zero-order chi connectivity index (χ0) is 7.72. The highest BCUT2D eigenvalue weighted by molar-refractivity contribution is 5.93. The first-order chi connectivity index (χ1) is 4.63. The summed E-state index contributed by atoms with van der Waals surface area (Å²) in [6.07, 6.45) is 0.805. The van der Waals surface area contributed by atoms with E-state index < -0.39 is 18.1 Å². The van der Waals surface area contributed by atoms with Crippen LogP contribution in [0.1, 0.15) is 6.92 Å². The van der Waals surface area contributed by atoms with Crippen LogP contribution >= 0.6 is 0 Å². The Morgan fingerprint density at radius 2 is 2.10 bits per heavy atom. The average Bonchev–Trinajstić information content (AvgIpc) is 1.93. The molecule has 0 saturated heterocycles. The van der Waals surface area contributed by atoms with Crippen molar-refractivity contribution < 1.29 is 15.0 Å².